The average molecular weight is 533 g/mol. The highest BCUT2D eigenvalue weighted by Crippen LogP contribution is 2.43. The Balaban J connectivity index is 1.72. The summed E-state index contributed by atoms with van der Waals surface area (Å²) in [5, 5.41) is 11.3. The molecule has 1 unspecified atom stereocenters. The molecule has 10 nitrogen and oxygen atoms in total. The number of carbonyl (C=O) groups is 2. The van der Waals surface area contributed by atoms with Gasteiger partial charge in [-0.25, -0.2) is 9.78 Å². The van der Waals surface area contributed by atoms with Gasteiger partial charge in [-0.3, -0.25) is 9.59 Å². The van der Waals surface area contributed by atoms with Crippen LogP contribution in [0.2, 0.25) is 0 Å². The van der Waals surface area contributed by atoms with Crippen molar-refractivity contribution in [3.05, 3.63) is 69.0 Å². The molecule has 39 heavy (non-hydrogen) atoms. The van der Waals surface area contributed by atoms with Crippen LogP contribution in [-0.2, 0) is 44.4 Å². The van der Waals surface area contributed by atoms with Gasteiger partial charge in [0.05, 0.1) is 29.0 Å². The summed E-state index contributed by atoms with van der Waals surface area (Å²) < 4.78 is 12.8. The summed E-state index contributed by atoms with van der Waals surface area (Å²) in [5.74, 6) is -1.70. The Hall–Kier alpha value is -4.02. The molecule has 0 bridgehead atoms. The maximum atomic E-state index is 13.8. The van der Waals surface area contributed by atoms with Crippen molar-refractivity contribution in [3.63, 3.8) is 0 Å². The zero-order valence-electron chi connectivity index (χ0n) is 22.7. The molecule has 0 spiro atoms. The molecule has 2 aromatic heterocycles. The van der Waals surface area contributed by atoms with Crippen LogP contribution in [0.5, 0.6) is 5.75 Å². The Morgan fingerprint density at radius 1 is 1.31 bits per heavy atom. The van der Waals surface area contributed by atoms with E-state index in [1.165, 1.54) is 0 Å². The highest BCUT2D eigenvalue weighted by atomic mass is 16.6. The zero-order valence-corrected chi connectivity index (χ0v) is 22.7. The maximum absolute atomic E-state index is 13.8. The number of ether oxygens (including phenoxy) is 2. The summed E-state index contributed by atoms with van der Waals surface area (Å²) in [7, 11) is 3.83. The summed E-state index contributed by atoms with van der Waals surface area (Å²) >= 11 is 0. The molecule has 0 fully saturated rings. The van der Waals surface area contributed by atoms with Crippen molar-refractivity contribution in [2.45, 2.75) is 52.1 Å². The van der Waals surface area contributed by atoms with Crippen LogP contribution < -0.4 is 11.3 Å². The molecule has 0 aliphatic carbocycles. The molecular weight excluding hydrogens is 500 g/mol. The first-order chi connectivity index (χ1) is 18.4. The van der Waals surface area contributed by atoms with Gasteiger partial charge in [-0.05, 0) is 56.8 Å². The van der Waals surface area contributed by atoms with E-state index in [1.807, 2.05) is 25.1 Å². The monoisotopic (exact) mass is 532 g/mol. The maximum Gasteiger partial charge on any atom is 0.360 e. The van der Waals surface area contributed by atoms with Gasteiger partial charge in [0.1, 0.15) is 18.4 Å². The molecule has 10 heteroatoms. The van der Waals surface area contributed by atoms with Gasteiger partial charge in [-0.15, -0.1) is 0 Å². The lowest BCUT2D eigenvalue weighted by molar-refractivity contribution is -0.184. The number of esters is 2. The quantitative estimate of drug-likeness (QED) is 0.283. The standard InChI is InChI=1S/C29H32N4O6/c1-14(2)24(30)27(36)39-29(15(3)4)20-10-22-25-16(11-33(22)26(35)19(20)13-38-28(29)37)9-17-18(12-32(5)6)23(34)8-7-21(17)31-25/h7-10,14,24,34H,3,11-13,30H2,1-2,4-6H3/t24?,29-/m0/s1. The summed E-state index contributed by atoms with van der Waals surface area (Å²) in [6.45, 7) is 9.52. The average Bonchev–Trinajstić information content (AvgIpc) is 3.23. The van der Waals surface area contributed by atoms with Gasteiger partial charge in [-0.1, -0.05) is 20.4 Å². The van der Waals surface area contributed by atoms with Crippen LogP contribution in [0.15, 0.2) is 41.2 Å². The van der Waals surface area contributed by atoms with E-state index in [4.69, 9.17) is 20.2 Å². The molecule has 5 rings (SSSR count). The second-order valence-electron chi connectivity index (χ2n) is 10.9. The minimum Gasteiger partial charge on any atom is -0.508 e. The van der Waals surface area contributed by atoms with Crippen LogP contribution in [0.25, 0.3) is 22.3 Å². The molecule has 0 saturated heterocycles. The van der Waals surface area contributed by atoms with Gasteiger partial charge < -0.3 is 29.8 Å². The lowest BCUT2D eigenvalue weighted by Gasteiger charge is -2.37. The summed E-state index contributed by atoms with van der Waals surface area (Å²) in [6.07, 6.45) is 0. The second kappa shape index (κ2) is 9.32. The normalized spacial score (nSPS) is 18.5. The molecule has 0 amide bonds. The number of phenolic OH excluding ortho intramolecular Hbond substituents is 1. The van der Waals surface area contributed by atoms with Crippen molar-refractivity contribution in [2.24, 2.45) is 11.7 Å². The molecule has 1 aromatic carbocycles. The van der Waals surface area contributed by atoms with Gasteiger partial charge in [0.2, 0.25) is 0 Å². The Morgan fingerprint density at radius 3 is 2.67 bits per heavy atom. The van der Waals surface area contributed by atoms with E-state index in [0.717, 1.165) is 16.5 Å². The lowest BCUT2D eigenvalue weighted by atomic mass is 9.82. The number of phenols is 1. The van der Waals surface area contributed by atoms with Crippen LogP contribution in [0.3, 0.4) is 0 Å². The van der Waals surface area contributed by atoms with Crippen molar-refractivity contribution in [1.82, 2.24) is 14.5 Å². The van der Waals surface area contributed by atoms with E-state index in [1.54, 1.807) is 43.5 Å². The number of fused-ring (bicyclic) bond motifs is 5. The molecule has 4 heterocycles. The van der Waals surface area contributed by atoms with Crippen LogP contribution in [0.1, 0.15) is 43.0 Å². The van der Waals surface area contributed by atoms with E-state index in [-0.39, 0.29) is 47.1 Å². The van der Waals surface area contributed by atoms with Crippen molar-refractivity contribution >= 4 is 22.8 Å². The zero-order chi connectivity index (χ0) is 28.4. The van der Waals surface area contributed by atoms with E-state index in [9.17, 15) is 19.5 Å². The van der Waals surface area contributed by atoms with Crippen LogP contribution in [0, 0.1) is 5.92 Å². The Morgan fingerprint density at radius 2 is 2.03 bits per heavy atom. The Labute approximate surface area is 225 Å². The van der Waals surface area contributed by atoms with Gasteiger partial charge in [0, 0.05) is 28.6 Å². The van der Waals surface area contributed by atoms with Gasteiger partial charge in [0.25, 0.3) is 11.2 Å². The number of cyclic esters (lactones) is 1. The number of rotatable bonds is 6. The highest BCUT2D eigenvalue weighted by Gasteiger charge is 2.53. The third-order valence-corrected chi connectivity index (χ3v) is 7.47. The molecular formula is C29H32N4O6. The first-order valence-corrected chi connectivity index (χ1v) is 12.7. The van der Waals surface area contributed by atoms with Crippen molar-refractivity contribution in [3.8, 4) is 17.1 Å². The van der Waals surface area contributed by atoms with Crippen molar-refractivity contribution in [2.75, 3.05) is 14.1 Å². The third kappa shape index (κ3) is 4.02. The van der Waals surface area contributed by atoms with Gasteiger partial charge in [-0.2, -0.15) is 0 Å². The molecule has 3 aromatic rings. The lowest BCUT2D eigenvalue weighted by Crippen LogP contribution is -2.51. The fourth-order valence-corrected chi connectivity index (χ4v) is 5.25. The summed E-state index contributed by atoms with van der Waals surface area (Å²) in [5.41, 5.74) is 7.50. The minimum atomic E-state index is -2.02. The van der Waals surface area contributed by atoms with E-state index >= 15 is 0 Å². The van der Waals surface area contributed by atoms with Gasteiger partial charge >= 0.3 is 11.9 Å². The molecule has 2 atom stereocenters. The number of nitrogens with two attached hydrogens (primary N) is 1. The van der Waals surface area contributed by atoms with E-state index in [0.29, 0.717) is 23.4 Å². The predicted molar refractivity (Wildman–Crippen MR) is 145 cm³/mol. The van der Waals surface area contributed by atoms with Crippen LogP contribution in [-0.4, -0.2) is 51.6 Å². The smallest absolute Gasteiger partial charge is 0.360 e. The van der Waals surface area contributed by atoms with Crippen LogP contribution in [0.4, 0.5) is 0 Å². The fourth-order valence-electron chi connectivity index (χ4n) is 5.25. The first kappa shape index (κ1) is 26.6. The number of pyridine rings is 2. The number of aromatic hydroxyl groups is 1. The summed E-state index contributed by atoms with van der Waals surface area (Å²) in [6, 6.07) is 5.96. The first-order valence-electron chi connectivity index (χ1n) is 12.7. The number of hydrogen-bond acceptors (Lipinski definition) is 9. The highest BCUT2D eigenvalue weighted by molar-refractivity contribution is 5.92. The Kier molecular flexibility index (Phi) is 6.35. The molecule has 3 N–H and O–H groups in total. The topological polar surface area (TPSA) is 137 Å². The number of hydrogen-bond donors (Lipinski definition) is 2. The molecule has 204 valence electrons. The minimum absolute atomic E-state index is 0.171. The van der Waals surface area contributed by atoms with Crippen molar-refractivity contribution < 1.29 is 24.2 Å². The molecule has 2 aliphatic heterocycles. The molecule has 0 saturated carbocycles. The number of nitrogens with zero attached hydrogens (tertiary/aromatic N) is 3. The summed E-state index contributed by atoms with van der Waals surface area (Å²) in [4.78, 5) is 46.9. The second-order valence-corrected chi connectivity index (χ2v) is 10.9. The van der Waals surface area contributed by atoms with Crippen molar-refractivity contribution in [1.29, 1.82) is 0 Å². The number of aromatic nitrogens is 2. The molecule has 0 radical (unpaired) electrons. The molecule has 2 aliphatic rings. The SMILES string of the molecule is C=C(C)[C@@]1(OC(=O)C(N)C(C)C)C(=O)OCc2c1cc1n(c2=O)Cc2cc3c(CN(C)C)c(O)ccc3nc2-1. The fraction of sp³-hybridized carbons (Fsp3) is 0.379. The third-order valence-electron chi connectivity index (χ3n) is 7.47. The largest absolute Gasteiger partial charge is 0.508 e. The predicted octanol–water partition coefficient (Wildman–Crippen LogP) is 2.55. The number of benzene rings is 1. The Bertz CT molecular complexity index is 1620. The number of carbonyl (C=O) groups excluding carboxylic acids is 2. The van der Waals surface area contributed by atoms with Gasteiger partial charge in [0.15, 0.2) is 0 Å². The van der Waals surface area contributed by atoms with E-state index < -0.39 is 23.6 Å². The van der Waals surface area contributed by atoms with E-state index in [2.05, 4.69) is 6.58 Å². The van der Waals surface area contributed by atoms with Crippen LogP contribution >= 0.6 is 0 Å².